The van der Waals surface area contributed by atoms with Gasteiger partial charge in [0.25, 0.3) is 0 Å². The molecule has 1 fully saturated rings. The standard InChI is InChI=1S/C19H28N2O7S/c1-12(2)11-17(18(23)20-16-9-10-27-19(16)28-13(3)22)21-29(24,25)15-7-5-14(26-4)6-8-15/h5-8,12,16-17,19,21H,9-11H2,1-4H3,(H,20,23)/t16-,17?,19-/m0/s1. The Morgan fingerprint density at radius 1 is 1.24 bits per heavy atom. The third-order valence-corrected chi connectivity index (χ3v) is 5.83. The van der Waals surface area contributed by atoms with Gasteiger partial charge in [0.05, 0.1) is 24.7 Å². The highest BCUT2D eigenvalue weighted by Crippen LogP contribution is 2.18. The van der Waals surface area contributed by atoms with E-state index in [1.165, 1.54) is 38.3 Å². The minimum atomic E-state index is -3.92. The second kappa shape index (κ2) is 10.0. The number of amides is 1. The van der Waals surface area contributed by atoms with Gasteiger partial charge in [-0.15, -0.1) is 0 Å². The first-order valence-corrected chi connectivity index (χ1v) is 10.9. The highest BCUT2D eigenvalue weighted by molar-refractivity contribution is 7.89. The summed E-state index contributed by atoms with van der Waals surface area (Å²) in [6.45, 7) is 5.37. The molecule has 1 saturated heterocycles. The molecule has 2 rings (SSSR count). The van der Waals surface area contributed by atoms with Gasteiger partial charge in [0.1, 0.15) is 11.8 Å². The normalized spacial score (nSPS) is 20.3. The van der Waals surface area contributed by atoms with Crippen LogP contribution in [-0.4, -0.2) is 52.4 Å². The van der Waals surface area contributed by atoms with Crippen molar-refractivity contribution in [2.45, 2.75) is 56.9 Å². The van der Waals surface area contributed by atoms with E-state index in [4.69, 9.17) is 14.2 Å². The fourth-order valence-electron chi connectivity index (χ4n) is 2.96. The topological polar surface area (TPSA) is 120 Å². The van der Waals surface area contributed by atoms with Crippen LogP contribution < -0.4 is 14.8 Å². The number of methoxy groups -OCH3 is 1. The molecule has 0 radical (unpaired) electrons. The molecule has 0 aliphatic carbocycles. The first kappa shape index (κ1) is 23.1. The molecule has 1 aliphatic heterocycles. The Balaban J connectivity index is 2.13. The number of hydrogen-bond donors (Lipinski definition) is 2. The number of carbonyl (C=O) groups excluding carboxylic acids is 2. The van der Waals surface area contributed by atoms with Crippen LogP contribution in [0.2, 0.25) is 0 Å². The molecule has 0 aromatic heterocycles. The summed E-state index contributed by atoms with van der Waals surface area (Å²) in [5.74, 6) is -0.426. The maximum atomic E-state index is 12.8. The van der Waals surface area contributed by atoms with Crippen LogP contribution in [-0.2, 0) is 29.1 Å². The van der Waals surface area contributed by atoms with E-state index in [-0.39, 0.29) is 10.8 Å². The van der Waals surface area contributed by atoms with Crippen LogP contribution in [0.25, 0.3) is 0 Å². The second-order valence-electron chi connectivity index (χ2n) is 7.23. The number of carbonyl (C=O) groups is 2. The summed E-state index contributed by atoms with van der Waals surface area (Å²) < 4.78 is 43.4. The minimum absolute atomic E-state index is 0.0295. The highest BCUT2D eigenvalue weighted by Gasteiger charge is 2.35. The molecule has 1 aromatic carbocycles. The van der Waals surface area contributed by atoms with Crippen molar-refractivity contribution in [1.82, 2.24) is 10.0 Å². The minimum Gasteiger partial charge on any atom is -0.497 e. The van der Waals surface area contributed by atoms with E-state index < -0.39 is 40.3 Å². The molecule has 2 N–H and O–H groups in total. The molecule has 1 aromatic rings. The van der Waals surface area contributed by atoms with Crippen LogP contribution in [0.15, 0.2) is 29.2 Å². The van der Waals surface area contributed by atoms with Crippen molar-refractivity contribution in [3.63, 3.8) is 0 Å². The molecule has 0 spiro atoms. The Morgan fingerprint density at radius 2 is 1.90 bits per heavy atom. The molecule has 0 bridgehead atoms. The van der Waals surface area contributed by atoms with Gasteiger partial charge in [-0.1, -0.05) is 13.8 Å². The van der Waals surface area contributed by atoms with Gasteiger partial charge in [0, 0.05) is 6.92 Å². The van der Waals surface area contributed by atoms with Gasteiger partial charge in [-0.3, -0.25) is 9.59 Å². The van der Waals surface area contributed by atoms with Crippen LogP contribution in [0.3, 0.4) is 0 Å². The zero-order valence-electron chi connectivity index (χ0n) is 17.0. The summed E-state index contributed by atoms with van der Waals surface area (Å²) in [6, 6.07) is 4.37. The molecule has 9 nitrogen and oxygen atoms in total. The molecule has 10 heteroatoms. The monoisotopic (exact) mass is 428 g/mol. The number of nitrogens with one attached hydrogen (secondary N) is 2. The van der Waals surface area contributed by atoms with Gasteiger partial charge < -0.3 is 19.5 Å². The largest absolute Gasteiger partial charge is 0.497 e. The maximum Gasteiger partial charge on any atom is 0.305 e. The predicted molar refractivity (Wildman–Crippen MR) is 105 cm³/mol. The van der Waals surface area contributed by atoms with Crippen molar-refractivity contribution in [3.8, 4) is 5.75 Å². The molecule has 1 heterocycles. The fraction of sp³-hybridized carbons (Fsp3) is 0.579. The van der Waals surface area contributed by atoms with Gasteiger partial charge in [-0.25, -0.2) is 8.42 Å². The van der Waals surface area contributed by atoms with E-state index >= 15 is 0 Å². The van der Waals surface area contributed by atoms with Crippen molar-refractivity contribution < 1.29 is 32.2 Å². The third-order valence-electron chi connectivity index (χ3n) is 4.34. The molecule has 1 aliphatic rings. The number of rotatable bonds is 9. The quantitative estimate of drug-likeness (QED) is 0.567. The molecule has 0 saturated carbocycles. The van der Waals surface area contributed by atoms with Crippen LogP contribution >= 0.6 is 0 Å². The second-order valence-corrected chi connectivity index (χ2v) is 8.95. The molecule has 162 valence electrons. The molecular formula is C19H28N2O7S. The Hall–Kier alpha value is -2.17. The number of ether oxygens (including phenoxy) is 3. The first-order chi connectivity index (χ1) is 13.6. The van der Waals surface area contributed by atoms with Crippen LogP contribution in [0.4, 0.5) is 0 Å². The van der Waals surface area contributed by atoms with E-state index in [1.54, 1.807) is 0 Å². The molecule has 1 unspecified atom stereocenters. The van der Waals surface area contributed by atoms with E-state index in [9.17, 15) is 18.0 Å². The van der Waals surface area contributed by atoms with Crippen LogP contribution in [0, 0.1) is 5.92 Å². The van der Waals surface area contributed by atoms with Gasteiger partial charge in [-0.05, 0) is 43.0 Å². The van der Waals surface area contributed by atoms with Crippen LogP contribution in [0.1, 0.15) is 33.6 Å². The molecule has 3 atom stereocenters. The van der Waals surface area contributed by atoms with Gasteiger partial charge in [0.2, 0.25) is 22.2 Å². The van der Waals surface area contributed by atoms with Gasteiger partial charge in [0.15, 0.2) is 0 Å². The summed E-state index contributed by atoms with van der Waals surface area (Å²) in [5, 5.41) is 2.74. The average molecular weight is 429 g/mol. The lowest BCUT2D eigenvalue weighted by Crippen LogP contribution is -2.52. The van der Waals surface area contributed by atoms with Gasteiger partial charge >= 0.3 is 5.97 Å². The summed E-state index contributed by atoms with van der Waals surface area (Å²) in [6.07, 6.45) is -0.120. The lowest BCUT2D eigenvalue weighted by molar-refractivity contribution is -0.170. The summed E-state index contributed by atoms with van der Waals surface area (Å²) >= 11 is 0. The zero-order valence-corrected chi connectivity index (χ0v) is 17.8. The van der Waals surface area contributed by atoms with E-state index in [2.05, 4.69) is 10.0 Å². The van der Waals surface area contributed by atoms with Crippen molar-refractivity contribution in [2.75, 3.05) is 13.7 Å². The smallest absolute Gasteiger partial charge is 0.305 e. The lowest BCUT2D eigenvalue weighted by Gasteiger charge is -2.24. The summed E-state index contributed by atoms with van der Waals surface area (Å²) in [4.78, 5) is 24.0. The predicted octanol–water partition coefficient (Wildman–Crippen LogP) is 1.18. The SMILES string of the molecule is COc1ccc(S(=O)(=O)NC(CC(C)C)C(=O)N[C@H]2CCO[C@H]2OC(C)=O)cc1. The van der Waals surface area contributed by atoms with Crippen LogP contribution in [0.5, 0.6) is 5.75 Å². The number of sulfonamides is 1. The third kappa shape index (κ3) is 6.69. The van der Waals surface area contributed by atoms with E-state index in [0.717, 1.165) is 0 Å². The first-order valence-electron chi connectivity index (χ1n) is 9.38. The average Bonchev–Trinajstić information content (AvgIpc) is 3.06. The molecule has 1 amide bonds. The van der Waals surface area contributed by atoms with Crippen molar-refractivity contribution in [1.29, 1.82) is 0 Å². The lowest BCUT2D eigenvalue weighted by atomic mass is 10.0. The Labute approximate surface area is 171 Å². The van der Waals surface area contributed by atoms with Crippen molar-refractivity contribution in [2.24, 2.45) is 5.92 Å². The van der Waals surface area contributed by atoms with Crippen molar-refractivity contribution in [3.05, 3.63) is 24.3 Å². The molecule has 29 heavy (non-hydrogen) atoms. The van der Waals surface area contributed by atoms with Gasteiger partial charge in [-0.2, -0.15) is 4.72 Å². The summed E-state index contributed by atoms with van der Waals surface area (Å²) in [7, 11) is -2.44. The number of hydrogen-bond acceptors (Lipinski definition) is 7. The Morgan fingerprint density at radius 3 is 2.45 bits per heavy atom. The Bertz CT molecular complexity index is 808. The van der Waals surface area contributed by atoms with Crippen molar-refractivity contribution >= 4 is 21.9 Å². The fourth-order valence-corrected chi connectivity index (χ4v) is 4.17. The highest BCUT2D eigenvalue weighted by atomic mass is 32.2. The maximum absolute atomic E-state index is 12.8. The Kier molecular flexibility index (Phi) is 8.00. The van der Waals surface area contributed by atoms with E-state index in [1.807, 2.05) is 13.8 Å². The van der Waals surface area contributed by atoms with E-state index in [0.29, 0.717) is 25.2 Å². The zero-order chi connectivity index (χ0) is 21.6. The summed E-state index contributed by atoms with van der Waals surface area (Å²) in [5.41, 5.74) is 0. The molecular weight excluding hydrogens is 400 g/mol. The number of benzene rings is 1. The number of esters is 1.